The number of rotatable bonds is 5. The van der Waals surface area contributed by atoms with Crippen LogP contribution in [-0.2, 0) is 13.0 Å². The van der Waals surface area contributed by atoms with Crippen LogP contribution in [-0.4, -0.2) is 16.2 Å². The van der Waals surface area contributed by atoms with Crippen molar-refractivity contribution in [2.45, 2.75) is 32.4 Å². The monoisotopic (exact) mass is 243 g/mol. The number of nitrogens with one attached hydrogen (secondary N) is 1. The Morgan fingerprint density at radius 1 is 1.33 bits per heavy atom. The third kappa shape index (κ3) is 2.76. The fourth-order valence-corrected chi connectivity index (χ4v) is 2.04. The minimum atomic E-state index is 0.634. The zero-order chi connectivity index (χ0) is 12.4. The van der Waals surface area contributed by atoms with Crippen molar-refractivity contribution in [2.75, 3.05) is 0 Å². The highest BCUT2D eigenvalue weighted by atomic mass is 16.5. The summed E-state index contributed by atoms with van der Waals surface area (Å²) in [6, 6.07) is 10.8. The summed E-state index contributed by atoms with van der Waals surface area (Å²) in [5, 5.41) is 7.41. The van der Waals surface area contributed by atoms with Crippen molar-refractivity contribution in [1.82, 2.24) is 15.5 Å². The second-order valence-electron chi connectivity index (χ2n) is 4.97. The van der Waals surface area contributed by atoms with E-state index < -0.39 is 0 Å². The van der Waals surface area contributed by atoms with Crippen LogP contribution in [0.1, 0.15) is 30.6 Å². The number of aromatic nitrogens is 2. The van der Waals surface area contributed by atoms with Crippen LogP contribution in [0, 0.1) is 5.92 Å². The maximum Gasteiger partial charge on any atom is 0.240 e. The average Bonchev–Trinajstić information content (AvgIpc) is 2.91. The zero-order valence-electron chi connectivity index (χ0n) is 10.5. The van der Waals surface area contributed by atoms with Gasteiger partial charge in [0, 0.05) is 12.5 Å². The highest BCUT2D eigenvalue weighted by Crippen LogP contribution is 2.29. The molecule has 1 aliphatic carbocycles. The van der Waals surface area contributed by atoms with Crippen molar-refractivity contribution in [3.8, 4) is 0 Å². The van der Waals surface area contributed by atoms with Crippen LogP contribution in [0.3, 0.4) is 0 Å². The summed E-state index contributed by atoms with van der Waals surface area (Å²) >= 11 is 0. The van der Waals surface area contributed by atoms with Crippen LogP contribution < -0.4 is 5.32 Å². The Morgan fingerprint density at radius 3 is 2.83 bits per heavy atom. The normalized spacial score (nSPS) is 22.1. The molecule has 1 fully saturated rings. The van der Waals surface area contributed by atoms with Crippen LogP contribution in [0.4, 0.5) is 0 Å². The second kappa shape index (κ2) is 4.90. The summed E-state index contributed by atoms with van der Waals surface area (Å²) in [5.74, 6) is 2.22. The smallest absolute Gasteiger partial charge is 0.240 e. The summed E-state index contributed by atoms with van der Waals surface area (Å²) < 4.78 is 5.23. The van der Waals surface area contributed by atoms with Crippen LogP contribution in [0.5, 0.6) is 0 Å². The van der Waals surface area contributed by atoms with E-state index in [4.69, 9.17) is 4.52 Å². The van der Waals surface area contributed by atoms with E-state index in [2.05, 4.69) is 34.5 Å². The van der Waals surface area contributed by atoms with Gasteiger partial charge in [-0.3, -0.25) is 0 Å². The lowest BCUT2D eigenvalue weighted by molar-refractivity contribution is 0.362. The summed E-state index contributed by atoms with van der Waals surface area (Å²) in [6.45, 7) is 2.92. The molecule has 0 radical (unpaired) electrons. The van der Waals surface area contributed by atoms with E-state index in [0.29, 0.717) is 18.5 Å². The van der Waals surface area contributed by atoms with E-state index in [9.17, 15) is 0 Å². The lowest BCUT2D eigenvalue weighted by atomic mass is 10.1. The van der Waals surface area contributed by atoms with Gasteiger partial charge in [0.05, 0.1) is 6.54 Å². The quantitative estimate of drug-likeness (QED) is 0.874. The molecule has 2 unspecified atom stereocenters. The molecule has 94 valence electrons. The minimum absolute atomic E-state index is 0.634. The molecule has 1 saturated carbocycles. The van der Waals surface area contributed by atoms with Crippen LogP contribution in [0.25, 0.3) is 0 Å². The molecule has 0 aliphatic heterocycles. The van der Waals surface area contributed by atoms with E-state index in [1.807, 2.05) is 18.2 Å². The van der Waals surface area contributed by atoms with Gasteiger partial charge in [-0.05, 0) is 17.9 Å². The summed E-state index contributed by atoms with van der Waals surface area (Å²) in [6.07, 6.45) is 1.98. The maximum atomic E-state index is 5.23. The minimum Gasteiger partial charge on any atom is -0.338 e. The molecule has 18 heavy (non-hydrogen) atoms. The molecule has 1 aliphatic rings. The molecule has 2 aromatic rings. The molecule has 1 aromatic carbocycles. The van der Waals surface area contributed by atoms with Gasteiger partial charge in [-0.15, -0.1) is 0 Å². The molecule has 4 nitrogen and oxygen atoms in total. The van der Waals surface area contributed by atoms with Crippen LogP contribution in [0.2, 0.25) is 0 Å². The largest absolute Gasteiger partial charge is 0.338 e. The van der Waals surface area contributed by atoms with Gasteiger partial charge in [0.1, 0.15) is 0 Å². The van der Waals surface area contributed by atoms with Crippen molar-refractivity contribution < 1.29 is 4.52 Å². The fraction of sp³-hybridized carbons (Fsp3) is 0.429. The predicted molar refractivity (Wildman–Crippen MR) is 68.0 cm³/mol. The Bertz CT molecular complexity index is 509. The van der Waals surface area contributed by atoms with Gasteiger partial charge in [-0.25, -0.2) is 0 Å². The lowest BCUT2D eigenvalue weighted by Gasteiger charge is -1.96. The molecule has 1 aromatic heterocycles. The lowest BCUT2D eigenvalue weighted by Crippen LogP contribution is -2.17. The molecule has 0 spiro atoms. The standard InChI is InChI=1S/C14H17N3O/c1-10-7-12(10)15-9-14-16-13(17-18-14)8-11-5-3-2-4-6-11/h2-6,10,12,15H,7-9H2,1H3. The summed E-state index contributed by atoms with van der Waals surface area (Å²) in [7, 11) is 0. The SMILES string of the molecule is CC1CC1NCc1nc(Cc2ccccc2)no1. The van der Waals surface area contributed by atoms with Crippen molar-refractivity contribution in [2.24, 2.45) is 5.92 Å². The molecule has 0 bridgehead atoms. The van der Waals surface area contributed by atoms with E-state index in [-0.39, 0.29) is 0 Å². The maximum absolute atomic E-state index is 5.23. The van der Waals surface area contributed by atoms with Crippen LogP contribution >= 0.6 is 0 Å². The number of benzene rings is 1. The van der Waals surface area contributed by atoms with Gasteiger partial charge in [0.15, 0.2) is 5.82 Å². The van der Waals surface area contributed by atoms with Gasteiger partial charge in [-0.2, -0.15) is 4.98 Å². The van der Waals surface area contributed by atoms with Gasteiger partial charge in [0.25, 0.3) is 0 Å². The molecule has 0 saturated heterocycles. The third-order valence-electron chi connectivity index (χ3n) is 3.34. The second-order valence-corrected chi connectivity index (χ2v) is 4.97. The average molecular weight is 243 g/mol. The Kier molecular flexibility index (Phi) is 3.11. The van der Waals surface area contributed by atoms with Crippen molar-refractivity contribution in [3.05, 3.63) is 47.6 Å². The first-order valence-electron chi connectivity index (χ1n) is 6.40. The van der Waals surface area contributed by atoms with Gasteiger partial charge in [-0.1, -0.05) is 42.4 Å². The van der Waals surface area contributed by atoms with Gasteiger partial charge < -0.3 is 9.84 Å². The Labute approximate surface area is 106 Å². The zero-order valence-corrected chi connectivity index (χ0v) is 10.5. The Hall–Kier alpha value is -1.68. The number of nitrogens with zero attached hydrogens (tertiary/aromatic N) is 2. The highest BCUT2D eigenvalue weighted by Gasteiger charge is 2.32. The molecule has 1 N–H and O–H groups in total. The summed E-state index contributed by atoms with van der Waals surface area (Å²) in [5.41, 5.74) is 1.20. The highest BCUT2D eigenvalue weighted by molar-refractivity contribution is 5.18. The van der Waals surface area contributed by atoms with E-state index in [1.54, 1.807) is 0 Å². The molecule has 4 heteroatoms. The van der Waals surface area contributed by atoms with Crippen molar-refractivity contribution in [1.29, 1.82) is 0 Å². The third-order valence-corrected chi connectivity index (χ3v) is 3.34. The topological polar surface area (TPSA) is 51.0 Å². The van der Waals surface area contributed by atoms with E-state index >= 15 is 0 Å². The van der Waals surface area contributed by atoms with Gasteiger partial charge >= 0.3 is 0 Å². The molecule has 3 rings (SSSR count). The Morgan fingerprint density at radius 2 is 2.11 bits per heavy atom. The molecule has 0 amide bonds. The number of hydrogen-bond donors (Lipinski definition) is 1. The van der Waals surface area contributed by atoms with E-state index in [1.165, 1.54) is 12.0 Å². The Balaban J connectivity index is 1.56. The van der Waals surface area contributed by atoms with Crippen LogP contribution in [0.15, 0.2) is 34.9 Å². The molecular weight excluding hydrogens is 226 g/mol. The van der Waals surface area contributed by atoms with E-state index in [0.717, 1.165) is 18.2 Å². The first-order chi connectivity index (χ1) is 8.81. The fourth-order valence-electron chi connectivity index (χ4n) is 2.04. The molecule has 1 heterocycles. The first kappa shape index (κ1) is 11.4. The molecule has 2 atom stereocenters. The summed E-state index contributed by atoms with van der Waals surface area (Å²) in [4.78, 5) is 4.39. The first-order valence-corrected chi connectivity index (χ1v) is 6.40. The van der Waals surface area contributed by atoms with Gasteiger partial charge in [0.2, 0.25) is 5.89 Å². The predicted octanol–water partition coefficient (Wildman–Crippen LogP) is 2.16. The number of hydrogen-bond acceptors (Lipinski definition) is 4. The van der Waals surface area contributed by atoms with Crippen molar-refractivity contribution >= 4 is 0 Å². The molecular formula is C14H17N3O. The van der Waals surface area contributed by atoms with Crippen molar-refractivity contribution in [3.63, 3.8) is 0 Å².